The highest BCUT2D eigenvalue weighted by atomic mass is 16.3. The summed E-state index contributed by atoms with van der Waals surface area (Å²) in [5.74, 6) is 1.67. The fourth-order valence-corrected chi connectivity index (χ4v) is 1.68. The van der Waals surface area contributed by atoms with Crippen LogP contribution in [0.5, 0.6) is 0 Å². The number of furan rings is 1. The summed E-state index contributed by atoms with van der Waals surface area (Å²) in [7, 11) is 1.87. The van der Waals surface area contributed by atoms with Crippen molar-refractivity contribution >= 4 is 0 Å². The van der Waals surface area contributed by atoms with Crippen LogP contribution in [0.4, 0.5) is 0 Å². The lowest BCUT2D eigenvalue weighted by Gasteiger charge is -2.03. The molecule has 4 heteroatoms. The van der Waals surface area contributed by atoms with Crippen molar-refractivity contribution in [2.75, 3.05) is 7.05 Å². The molecule has 0 saturated carbocycles. The second kappa shape index (κ2) is 5.01. The maximum atomic E-state index is 11.7. The Kier molecular flexibility index (Phi) is 3.44. The Morgan fingerprint density at radius 3 is 2.76 bits per heavy atom. The lowest BCUT2D eigenvalue weighted by molar-refractivity contribution is 0.442. The predicted octanol–water partition coefficient (Wildman–Crippen LogP) is 1.52. The Hall–Kier alpha value is -1.81. The topological polar surface area (TPSA) is 47.2 Å². The molecule has 0 aliphatic carbocycles. The van der Waals surface area contributed by atoms with Crippen molar-refractivity contribution in [2.45, 2.75) is 20.0 Å². The minimum absolute atomic E-state index is 0.00318. The maximum Gasteiger partial charge on any atom is 0.251 e. The Labute approximate surface area is 99.9 Å². The van der Waals surface area contributed by atoms with E-state index < -0.39 is 0 Å². The fourth-order valence-electron chi connectivity index (χ4n) is 1.68. The van der Waals surface area contributed by atoms with Crippen LogP contribution in [0.25, 0.3) is 0 Å². The van der Waals surface area contributed by atoms with Crippen molar-refractivity contribution < 1.29 is 4.42 Å². The molecule has 0 aliphatic heterocycles. The van der Waals surface area contributed by atoms with Gasteiger partial charge in [-0.1, -0.05) is 0 Å². The Morgan fingerprint density at radius 1 is 1.29 bits per heavy atom. The van der Waals surface area contributed by atoms with Gasteiger partial charge in [-0.15, -0.1) is 0 Å². The normalized spacial score (nSPS) is 10.7. The average molecular weight is 232 g/mol. The zero-order valence-electron chi connectivity index (χ0n) is 10.1. The number of pyridine rings is 1. The summed E-state index contributed by atoms with van der Waals surface area (Å²) < 4.78 is 7.22. The first-order chi connectivity index (χ1) is 8.19. The lowest BCUT2D eigenvalue weighted by atomic mass is 10.3. The first-order valence-electron chi connectivity index (χ1n) is 5.58. The van der Waals surface area contributed by atoms with Gasteiger partial charge in [0.05, 0.1) is 13.1 Å². The smallest absolute Gasteiger partial charge is 0.251 e. The number of aromatic nitrogens is 1. The standard InChI is InChI=1S/C13H16N2O2/c1-10-5-6-15(13(16)7-10)9-12-4-3-11(17-12)8-14-2/h3-7,14H,8-9H2,1-2H3. The molecule has 0 aliphatic rings. The summed E-state index contributed by atoms with van der Waals surface area (Å²) in [6, 6.07) is 7.36. The van der Waals surface area contributed by atoms with Gasteiger partial charge in [0, 0.05) is 12.3 Å². The van der Waals surface area contributed by atoms with E-state index in [1.54, 1.807) is 16.8 Å². The van der Waals surface area contributed by atoms with E-state index in [0.29, 0.717) is 13.1 Å². The number of rotatable bonds is 4. The van der Waals surface area contributed by atoms with Crippen LogP contribution < -0.4 is 10.9 Å². The van der Waals surface area contributed by atoms with Crippen LogP contribution in [0, 0.1) is 6.92 Å². The largest absolute Gasteiger partial charge is 0.463 e. The molecule has 0 radical (unpaired) electrons. The van der Waals surface area contributed by atoms with E-state index in [-0.39, 0.29) is 5.56 Å². The van der Waals surface area contributed by atoms with Crippen LogP contribution in [0.15, 0.2) is 39.7 Å². The van der Waals surface area contributed by atoms with Gasteiger partial charge in [-0.05, 0) is 37.7 Å². The number of nitrogens with zero attached hydrogens (tertiary/aromatic N) is 1. The molecular weight excluding hydrogens is 216 g/mol. The van der Waals surface area contributed by atoms with Crippen LogP contribution in [-0.4, -0.2) is 11.6 Å². The second-order valence-corrected chi connectivity index (χ2v) is 4.07. The highest BCUT2D eigenvalue weighted by Crippen LogP contribution is 2.08. The van der Waals surface area contributed by atoms with Crippen LogP contribution in [0.3, 0.4) is 0 Å². The number of hydrogen-bond donors (Lipinski definition) is 1. The van der Waals surface area contributed by atoms with Gasteiger partial charge in [0.1, 0.15) is 11.5 Å². The number of nitrogens with one attached hydrogen (secondary N) is 1. The van der Waals surface area contributed by atoms with E-state index in [1.807, 2.05) is 32.2 Å². The number of aryl methyl sites for hydroxylation is 1. The summed E-state index contributed by atoms with van der Waals surface area (Å²) in [6.07, 6.45) is 1.79. The Bertz CT molecular complexity index is 555. The molecule has 2 rings (SSSR count). The molecule has 0 fully saturated rings. The SMILES string of the molecule is CNCc1ccc(Cn2ccc(C)cc2=O)o1. The van der Waals surface area contributed by atoms with Gasteiger partial charge < -0.3 is 14.3 Å². The average Bonchev–Trinajstić information content (AvgIpc) is 2.71. The zero-order chi connectivity index (χ0) is 12.3. The van der Waals surface area contributed by atoms with Crippen molar-refractivity contribution in [2.24, 2.45) is 0 Å². The van der Waals surface area contributed by atoms with E-state index in [2.05, 4.69) is 5.32 Å². The molecule has 0 aromatic carbocycles. The van der Waals surface area contributed by atoms with Crippen LogP contribution in [-0.2, 0) is 13.1 Å². The third-order valence-corrected chi connectivity index (χ3v) is 2.55. The van der Waals surface area contributed by atoms with Gasteiger partial charge >= 0.3 is 0 Å². The van der Waals surface area contributed by atoms with Crippen LogP contribution in [0.1, 0.15) is 17.1 Å². The molecule has 0 unspecified atom stereocenters. The van der Waals surface area contributed by atoms with Crippen molar-refractivity contribution in [1.82, 2.24) is 9.88 Å². The van der Waals surface area contributed by atoms with Crippen molar-refractivity contribution in [3.8, 4) is 0 Å². The molecule has 2 heterocycles. The molecule has 90 valence electrons. The van der Waals surface area contributed by atoms with Crippen molar-refractivity contribution in [3.05, 3.63) is 57.9 Å². The van der Waals surface area contributed by atoms with E-state index in [1.165, 1.54) is 0 Å². The van der Waals surface area contributed by atoms with E-state index in [9.17, 15) is 4.79 Å². The Balaban J connectivity index is 2.16. The molecule has 0 saturated heterocycles. The molecule has 1 N–H and O–H groups in total. The van der Waals surface area contributed by atoms with Crippen LogP contribution >= 0.6 is 0 Å². The summed E-state index contributed by atoms with van der Waals surface area (Å²) in [6.45, 7) is 3.08. The maximum absolute atomic E-state index is 11.7. The molecule has 2 aromatic rings. The Morgan fingerprint density at radius 2 is 2.06 bits per heavy atom. The van der Waals surface area contributed by atoms with Gasteiger partial charge in [-0.25, -0.2) is 0 Å². The van der Waals surface area contributed by atoms with Gasteiger partial charge in [0.2, 0.25) is 0 Å². The van der Waals surface area contributed by atoms with Crippen molar-refractivity contribution in [3.63, 3.8) is 0 Å². The van der Waals surface area contributed by atoms with Gasteiger partial charge in [0.25, 0.3) is 5.56 Å². The fraction of sp³-hybridized carbons (Fsp3) is 0.308. The summed E-state index contributed by atoms with van der Waals surface area (Å²) in [5.41, 5.74) is 0.970. The quantitative estimate of drug-likeness (QED) is 0.869. The molecular formula is C13H16N2O2. The summed E-state index contributed by atoms with van der Waals surface area (Å²) >= 11 is 0. The van der Waals surface area contributed by atoms with Gasteiger partial charge in [-0.3, -0.25) is 4.79 Å². The van der Waals surface area contributed by atoms with Crippen molar-refractivity contribution in [1.29, 1.82) is 0 Å². The van der Waals surface area contributed by atoms with Crippen LogP contribution in [0.2, 0.25) is 0 Å². The minimum atomic E-state index is -0.00318. The van der Waals surface area contributed by atoms with Gasteiger partial charge in [-0.2, -0.15) is 0 Å². The lowest BCUT2D eigenvalue weighted by Crippen LogP contribution is -2.18. The molecule has 17 heavy (non-hydrogen) atoms. The molecule has 0 atom stereocenters. The van der Waals surface area contributed by atoms with E-state index >= 15 is 0 Å². The third kappa shape index (κ3) is 2.85. The molecule has 2 aromatic heterocycles. The third-order valence-electron chi connectivity index (χ3n) is 2.55. The second-order valence-electron chi connectivity index (χ2n) is 4.07. The first kappa shape index (κ1) is 11.7. The minimum Gasteiger partial charge on any atom is -0.463 e. The molecule has 0 bridgehead atoms. The highest BCUT2D eigenvalue weighted by Gasteiger charge is 2.03. The molecule has 0 spiro atoms. The molecule has 0 amide bonds. The first-order valence-corrected chi connectivity index (χ1v) is 5.58. The predicted molar refractivity (Wildman–Crippen MR) is 66.0 cm³/mol. The highest BCUT2D eigenvalue weighted by molar-refractivity contribution is 5.11. The van der Waals surface area contributed by atoms with Gasteiger partial charge in [0.15, 0.2) is 0 Å². The zero-order valence-corrected chi connectivity index (χ0v) is 10.1. The molecule has 4 nitrogen and oxygen atoms in total. The monoisotopic (exact) mass is 232 g/mol. The van der Waals surface area contributed by atoms with E-state index in [4.69, 9.17) is 4.42 Å². The summed E-state index contributed by atoms with van der Waals surface area (Å²) in [5, 5.41) is 3.02. The summed E-state index contributed by atoms with van der Waals surface area (Å²) in [4.78, 5) is 11.7. The number of hydrogen-bond acceptors (Lipinski definition) is 3. The van der Waals surface area contributed by atoms with E-state index in [0.717, 1.165) is 17.1 Å².